The van der Waals surface area contributed by atoms with E-state index in [-0.39, 0.29) is 0 Å². The minimum Gasteiger partial charge on any atom is -0.377 e. The molecular weight excluding hydrogens is 232 g/mol. The van der Waals surface area contributed by atoms with Crippen LogP contribution in [0, 0.1) is 5.92 Å². The van der Waals surface area contributed by atoms with Crippen LogP contribution in [0.2, 0.25) is 0 Å². The Morgan fingerprint density at radius 3 is 2.37 bits per heavy atom. The van der Waals surface area contributed by atoms with E-state index in [2.05, 4.69) is 43.3 Å². The van der Waals surface area contributed by atoms with Crippen molar-refractivity contribution in [1.82, 2.24) is 0 Å². The van der Waals surface area contributed by atoms with Gasteiger partial charge in [-0.1, -0.05) is 36.4 Å². The van der Waals surface area contributed by atoms with Gasteiger partial charge in [0.1, 0.15) is 0 Å². The molecule has 0 spiro atoms. The van der Waals surface area contributed by atoms with Gasteiger partial charge in [-0.15, -0.1) is 0 Å². The Labute approximate surface area is 117 Å². The molecule has 1 aromatic rings. The Kier molecular flexibility index (Phi) is 5.65. The molecule has 2 rings (SSSR count). The summed E-state index contributed by atoms with van der Waals surface area (Å²) in [6.07, 6.45) is 9.93. The van der Waals surface area contributed by atoms with Crippen LogP contribution in [0.15, 0.2) is 36.4 Å². The van der Waals surface area contributed by atoms with E-state index in [1.54, 1.807) is 0 Å². The van der Waals surface area contributed by atoms with Gasteiger partial charge in [0, 0.05) is 6.61 Å². The van der Waals surface area contributed by atoms with Crippen molar-refractivity contribution in [3.63, 3.8) is 0 Å². The molecule has 0 atom stereocenters. The zero-order valence-electron chi connectivity index (χ0n) is 12.3. The van der Waals surface area contributed by atoms with Crippen molar-refractivity contribution in [2.24, 2.45) is 5.92 Å². The predicted octanol–water partition coefficient (Wildman–Crippen LogP) is 5.07. The molecule has 0 amide bonds. The fourth-order valence-electron chi connectivity index (χ4n) is 3.02. The summed E-state index contributed by atoms with van der Waals surface area (Å²) >= 11 is 0. The first-order valence-corrected chi connectivity index (χ1v) is 7.63. The van der Waals surface area contributed by atoms with Gasteiger partial charge in [-0.2, -0.15) is 0 Å². The smallest absolute Gasteiger partial charge is 0.0716 e. The molecule has 0 heterocycles. The first-order chi connectivity index (χ1) is 9.33. The van der Waals surface area contributed by atoms with E-state index in [0.717, 1.165) is 25.0 Å². The molecule has 1 aliphatic rings. The van der Waals surface area contributed by atoms with Gasteiger partial charge in [0.2, 0.25) is 0 Å². The summed E-state index contributed by atoms with van der Waals surface area (Å²) in [6.45, 7) is 5.70. The van der Waals surface area contributed by atoms with E-state index < -0.39 is 0 Å². The average Bonchev–Trinajstić information content (AvgIpc) is 2.47. The molecule has 0 bridgehead atoms. The molecule has 0 N–H and O–H groups in total. The van der Waals surface area contributed by atoms with Crippen molar-refractivity contribution in [2.45, 2.75) is 52.1 Å². The second kappa shape index (κ2) is 7.49. The summed E-state index contributed by atoms with van der Waals surface area (Å²) in [5, 5.41) is 0. The van der Waals surface area contributed by atoms with Crippen LogP contribution in [0.25, 0.3) is 0 Å². The number of benzene rings is 1. The van der Waals surface area contributed by atoms with Gasteiger partial charge in [0.15, 0.2) is 0 Å². The van der Waals surface area contributed by atoms with E-state index in [1.807, 2.05) is 6.92 Å². The summed E-state index contributed by atoms with van der Waals surface area (Å²) in [5.74, 6) is 1.58. The summed E-state index contributed by atoms with van der Waals surface area (Å²) in [5.41, 5.74) is 2.80. The maximum absolute atomic E-state index is 5.44. The highest BCUT2D eigenvalue weighted by atomic mass is 16.5. The quantitative estimate of drug-likeness (QED) is 0.670. The van der Waals surface area contributed by atoms with Crippen LogP contribution in [0.3, 0.4) is 0 Å². The predicted molar refractivity (Wildman–Crippen MR) is 81.3 cm³/mol. The summed E-state index contributed by atoms with van der Waals surface area (Å²) in [7, 11) is 0. The van der Waals surface area contributed by atoms with Crippen LogP contribution in [0.5, 0.6) is 0 Å². The Balaban J connectivity index is 1.89. The van der Waals surface area contributed by atoms with Crippen molar-refractivity contribution in [3.05, 3.63) is 47.5 Å². The van der Waals surface area contributed by atoms with Crippen LogP contribution in [-0.2, 0) is 11.3 Å². The van der Waals surface area contributed by atoms with Crippen LogP contribution in [0.1, 0.15) is 56.6 Å². The molecule has 1 saturated carbocycles. The molecule has 1 aliphatic carbocycles. The second-order valence-electron chi connectivity index (χ2n) is 5.52. The molecule has 104 valence electrons. The SMILES string of the molecule is CC=C[C@H]1CC[C@H](c2ccc(COCC)cc2)CC1. The van der Waals surface area contributed by atoms with E-state index in [4.69, 9.17) is 4.74 Å². The minimum atomic E-state index is 0.741. The lowest BCUT2D eigenvalue weighted by atomic mass is 9.78. The van der Waals surface area contributed by atoms with E-state index in [1.165, 1.54) is 36.8 Å². The second-order valence-corrected chi connectivity index (χ2v) is 5.52. The van der Waals surface area contributed by atoms with E-state index >= 15 is 0 Å². The highest BCUT2D eigenvalue weighted by Crippen LogP contribution is 2.36. The van der Waals surface area contributed by atoms with Crippen LogP contribution in [0.4, 0.5) is 0 Å². The molecule has 0 radical (unpaired) electrons. The van der Waals surface area contributed by atoms with Crippen molar-refractivity contribution < 1.29 is 4.74 Å². The number of ether oxygens (including phenoxy) is 1. The highest BCUT2D eigenvalue weighted by molar-refractivity contribution is 5.25. The van der Waals surface area contributed by atoms with Crippen LogP contribution >= 0.6 is 0 Å². The maximum Gasteiger partial charge on any atom is 0.0716 e. The molecule has 0 saturated heterocycles. The van der Waals surface area contributed by atoms with Gasteiger partial charge >= 0.3 is 0 Å². The third-order valence-corrected chi connectivity index (χ3v) is 4.16. The van der Waals surface area contributed by atoms with Crippen molar-refractivity contribution in [1.29, 1.82) is 0 Å². The zero-order chi connectivity index (χ0) is 13.5. The summed E-state index contributed by atoms with van der Waals surface area (Å²) in [6, 6.07) is 9.05. The van der Waals surface area contributed by atoms with Gasteiger partial charge in [0.25, 0.3) is 0 Å². The number of allylic oxidation sites excluding steroid dienone is 2. The third kappa shape index (κ3) is 4.21. The number of hydrogen-bond donors (Lipinski definition) is 0. The Morgan fingerprint density at radius 2 is 1.79 bits per heavy atom. The van der Waals surface area contributed by atoms with Crippen molar-refractivity contribution in [3.8, 4) is 0 Å². The standard InChI is InChI=1S/C18H26O/c1-3-5-15-6-10-17(11-7-15)18-12-8-16(9-13-18)14-19-4-2/h3,5,8-9,12-13,15,17H,4,6-7,10-11,14H2,1-2H3/t15-,17-. The zero-order valence-corrected chi connectivity index (χ0v) is 12.3. The molecule has 1 heteroatoms. The minimum absolute atomic E-state index is 0.741. The topological polar surface area (TPSA) is 9.23 Å². The molecule has 0 aliphatic heterocycles. The Morgan fingerprint density at radius 1 is 1.11 bits per heavy atom. The lowest BCUT2D eigenvalue weighted by molar-refractivity contribution is 0.134. The molecule has 0 aromatic heterocycles. The van der Waals surface area contributed by atoms with Gasteiger partial charge < -0.3 is 4.74 Å². The van der Waals surface area contributed by atoms with Gasteiger partial charge in [-0.05, 0) is 62.5 Å². The Bertz CT molecular complexity index is 383. The first kappa shape index (κ1) is 14.3. The fourth-order valence-corrected chi connectivity index (χ4v) is 3.02. The summed E-state index contributed by atoms with van der Waals surface area (Å²) in [4.78, 5) is 0. The Hall–Kier alpha value is -1.08. The van der Waals surface area contributed by atoms with E-state index in [9.17, 15) is 0 Å². The lowest BCUT2D eigenvalue weighted by Gasteiger charge is -2.27. The monoisotopic (exact) mass is 258 g/mol. The number of hydrogen-bond acceptors (Lipinski definition) is 1. The van der Waals surface area contributed by atoms with Crippen LogP contribution < -0.4 is 0 Å². The fraction of sp³-hybridized carbons (Fsp3) is 0.556. The van der Waals surface area contributed by atoms with Crippen molar-refractivity contribution in [2.75, 3.05) is 6.61 Å². The van der Waals surface area contributed by atoms with Crippen LogP contribution in [-0.4, -0.2) is 6.61 Å². The number of rotatable bonds is 5. The molecule has 19 heavy (non-hydrogen) atoms. The molecule has 0 unspecified atom stereocenters. The average molecular weight is 258 g/mol. The van der Waals surface area contributed by atoms with Gasteiger partial charge in [0.05, 0.1) is 6.61 Å². The molecule has 1 nitrogen and oxygen atoms in total. The normalized spacial score (nSPS) is 23.9. The molecular formula is C18H26O. The van der Waals surface area contributed by atoms with Gasteiger partial charge in [-0.25, -0.2) is 0 Å². The molecule has 1 aromatic carbocycles. The highest BCUT2D eigenvalue weighted by Gasteiger charge is 2.20. The van der Waals surface area contributed by atoms with Crippen molar-refractivity contribution >= 4 is 0 Å². The third-order valence-electron chi connectivity index (χ3n) is 4.16. The molecule has 1 fully saturated rings. The lowest BCUT2D eigenvalue weighted by Crippen LogP contribution is -2.11. The van der Waals surface area contributed by atoms with E-state index in [0.29, 0.717) is 0 Å². The summed E-state index contributed by atoms with van der Waals surface area (Å²) < 4.78 is 5.44. The first-order valence-electron chi connectivity index (χ1n) is 7.63. The van der Waals surface area contributed by atoms with Gasteiger partial charge in [-0.3, -0.25) is 0 Å². The largest absolute Gasteiger partial charge is 0.377 e. The maximum atomic E-state index is 5.44.